The molecule has 2 heteroatoms. The van der Waals surface area contributed by atoms with Crippen molar-refractivity contribution in [2.75, 3.05) is 19.6 Å². The molecule has 0 aromatic rings. The highest BCUT2D eigenvalue weighted by molar-refractivity contribution is 4.68. The van der Waals surface area contributed by atoms with E-state index in [4.69, 9.17) is 5.73 Å². The lowest BCUT2D eigenvalue weighted by Crippen LogP contribution is -2.29. The van der Waals surface area contributed by atoms with E-state index in [0.29, 0.717) is 5.41 Å². The first-order valence-electron chi connectivity index (χ1n) is 7.03. The third kappa shape index (κ3) is 10.4. The minimum Gasteiger partial charge on any atom is -0.330 e. The topological polar surface area (TPSA) is 38.0 Å². The molecule has 0 radical (unpaired) electrons. The summed E-state index contributed by atoms with van der Waals surface area (Å²) in [5, 5.41) is 3.56. The van der Waals surface area contributed by atoms with E-state index in [1.54, 1.807) is 0 Å². The smallest absolute Gasteiger partial charge is 0.000241 e. The molecule has 0 aliphatic carbocycles. The number of hydrogen-bond acceptors (Lipinski definition) is 2. The molecule has 0 aromatic heterocycles. The summed E-state index contributed by atoms with van der Waals surface area (Å²) in [6.45, 7) is 10.1. The lowest BCUT2D eigenvalue weighted by Gasteiger charge is -2.22. The molecule has 98 valence electrons. The Morgan fingerprint density at radius 1 is 0.938 bits per heavy atom. The van der Waals surface area contributed by atoms with Gasteiger partial charge in [-0.2, -0.15) is 0 Å². The van der Waals surface area contributed by atoms with E-state index in [2.05, 4.69) is 26.1 Å². The van der Waals surface area contributed by atoms with Crippen LogP contribution in [0, 0.1) is 5.41 Å². The normalized spacial score (nSPS) is 12.0. The summed E-state index contributed by atoms with van der Waals surface area (Å²) in [5.74, 6) is 0. The zero-order valence-electron chi connectivity index (χ0n) is 11.6. The van der Waals surface area contributed by atoms with E-state index in [0.717, 1.165) is 13.1 Å². The van der Waals surface area contributed by atoms with E-state index in [-0.39, 0.29) is 0 Å². The van der Waals surface area contributed by atoms with E-state index < -0.39 is 0 Å². The van der Waals surface area contributed by atoms with Crippen molar-refractivity contribution in [3.05, 3.63) is 0 Å². The molecule has 16 heavy (non-hydrogen) atoms. The molecular formula is C14H32N2. The molecule has 0 aromatic carbocycles. The molecule has 0 unspecified atom stereocenters. The van der Waals surface area contributed by atoms with Crippen LogP contribution in [0.25, 0.3) is 0 Å². The second-order valence-corrected chi connectivity index (χ2v) is 5.60. The molecule has 0 fully saturated rings. The Balaban J connectivity index is 3.10. The van der Waals surface area contributed by atoms with Crippen molar-refractivity contribution in [1.29, 1.82) is 0 Å². The first-order valence-corrected chi connectivity index (χ1v) is 7.03. The summed E-state index contributed by atoms with van der Waals surface area (Å²) in [5.41, 5.74) is 5.91. The van der Waals surface area contributed by atoms with Crippen LogP contribution >= 0.6 is 0 Å². The van der Waals surface area contributed by atoms with Gasteiger partial charge in [0.15, 0.2) is 0 Å². The highest BCUT2D eigenvalue weighted by atomic mass is 14.9. The summed E-state index contributed by atoms with van der Waals surface area (Å²) < 4.78 is 0. The quantitative estimate of drug-likeness (QED) is 0.532. The molecule has 0 saturated carbocycles. The molecule has 2 nitrogen and oxygen atoms in total. The average molecular weight is 228 g/mol. The largest absolute Gasteiger partial charge is 0.330 e. The molecule has 0 aliphatic heterocycles. The van der Waals surface area contributed by atoms with Crippen LogP contribution in [0.5, 0.6) is 0 Å². The Labute approximate surface area is 102 Å². The molecule has 0 bridgehead atoms. The lowest BCUT2D eigenvalue weighted by molar-refractivity contribution is 0.327. The molecule has 0 amide bonds. The van der Waals surface area contributed by atoms with Crippen LogP contribution in [0.2, 0.25) is 0 Å². The van der Waals surface area contributed by atoms with Crippen molar-refractivity contribution in [3.63, 3.8) is 0 Å². The van der Waals surface area contributed by atoms with Gasteiger partial charge in [0.2, 0.25) is 0 Å². The monoisotopic (exact) mass is 228 g/mol. The number of hydrogen-bond donors (Lipinski definition) is 2. The predicted molar refractivity (Wildman–Crippen MR) is 73.7 cm³/mol. The van der Waals surface area contributed by atoms with Gasteiger partial charge in [-0.3, -0.25) is 0 Å². The Hall–Kier alpha value is -0.0800. The van der Waals surface area contributed by atoms with Crippen molar-refractivity contribution in [1.82, 2.24) is 5.32 Å². The molecule has 3 N–H and O–H groups in total. The Bertz CT molecular complexity index is 144. The van der Waals surface area contributed by atoms with Gasteiger partial charge in [0, 0.05) is 6.54 Å². The fourth-order valence-corrected chi connectivity index (χ4v) is 1.65. The van der Waals surface area contributed by atoms with E-state index in [1.807, 2.05) is 0 Å². The van der Waals surface area contributed by atoms with Crippen LogP contribution < -0.4 is 11.1 Å². The van der Waals surface area contributed by atoms with Gasteiger partial charge in [-0.25, -0.2) is 0 Å². The Morgan fingerprint density at radius 3 is 2.06 bits per heavy atom. The number of nitrogens with one attached hydrogen (secondary N) is 1. The zero-order valence-corrected chi connectivity index (χ0v) is 11.6. The first kappa shape index (κ1) is 15.9. The third-order valence-electron chi connectivity index (χ3n) is 3.37. The molecule has 0 aliphatic rings. The van der Waals surface area contributed by atoms with Crippen molar-refractivity contribution in [2.45, 2.75) is 65.7 Å². The molecule has 0 saturated heterocycles. The SMILES string of the molecule is CCC(C)(C)CNCCCCCCCCN. The minimum absolute atomic E-state index is 0.459. The summed E-state index contributed by atoms with van der Waals surface area (Å²) in [6, 6.07) is 0. The Kier molecular flexibility index (Phi) is 10.0. The van der Waals surface area contributed by atoms with Gasteiger partial charge in [0.05, 0.1) is 0 Å². The van der Waals surface area contributed by atoms with Gasteiger partial charge in [0.25, 0.3) is 0 Å². The zero-order chi connectivity index (χ0) is 12.3. The molecule has 0 rings (SSSR count). The van der Waals surface area contributed by atoms with Crippen molar-refractivity contribution in [2.24, 2.45) is 11.1 Å². The number of rotatable bonds is 11. The van der Waals surface area contributed by atoms with Crippen LogP contribution in [0.3, 0.4) is 0 Å². The number of unbranched alkanes of at least 4 members (excludes halogenated alkanes) is 5. The predicted octanol–water partition coefficient (Wildman–Crippen LogP) is 3.31. The first-order chi connectivity index (χ1) is 7.62. The molecule has 0 spiro atoms. The number of nitrogens with two attached hydrogens (primary N) is 1. The minimum atomic E-state index is 0.459. The van der Waals surface area contributed by atoms with Crippen LogP contribution in [-0.2, 0) is 0 Å². The summed E-state index contributed by atoms with van der Waals surface area (Å²) >= 11 is 0. The van der Waals surface area contributed by atoms with Gasteiger partial charge in [-0.05, 0) is 37.8 Å². The van der Waals surface area contributed by atoms with Crippen LogP contribution in [-0.4, -0.2) is 19.6 Å². The molecule has 0 atom stereocenters. The Morgan fingerprint density at radius 2 is 1.50 bits per heavy atom. The van der Waals surface area contributed by atoms with E-state index in [9.17, 15) is 0 Å². The van der Waals surface area contributed by atoms with Gasteiger partial charge in [-0.1, -0.05) is 46.5 Å². The second-order valence-electron chi connectivity index (χ2n) is 5.60. The third-order valence-corrected chi connectivity index (χ3v) is 3.37. The highest BCUT2D eigenvalue weighted by Crippen LogP contribution is 2.17. The maximum Gasteiger partial charge on any atom is 0.000241 e. The summed E-state index contributed by atoms with van der Waals surface area (Å²) in [4.78, 5) is 0. The van der Waals surface area contributed by atoms with Gasteiger partial charge in [-0.15, -0.1) is 0 Å². The van der Waals surface area contributed by atoms with E-state index in [1.165, 1.54) is 51.5 Å². The van der Waals surface area contributed by atoms with Gasteiger partial charge in [0.1, 0.15) is 0 Å². The molecule has 0 heterocycles. The van der Waals surface area contributed by atoms with Crippen LogP contribution in [0.15, 0.2) is 0 Å². The lowest BCUT2D eigenvalue weighted by atomic mass is 9.90. The van der Waals surface area contributed by atoms with Gasteiger partial charge >= 0.3 is 0 Å². The second kappa shape index (κ2) is 10.1. The standard InChI is InChI=1S/C14H32N2/c1-4-14(2,3)13-16-12-10-8-6-5-7-9-11-15/h16H,4-13,15H2,1-3H3. The van der Waals surface area contributed by atoms with Crippen LogP contribution in [0.4, 0.5) is 0 Å². The highest BCUT2D eigenvalue weighted by Gasteiger charge is 2.13. The van der Waals surface area contributed by atoms with Crippen molar-refractivity contribution >= 4 is 0 Å². The van der Waals surface area contributed by atoms with Crippen molar-refractivity contribution < 1.29 is 0 Å². The average Bonchev–Trinajstić information content (AvgIpc) is 2.27. The van der Waals surface area contributed by atoms with E-state index >= 15 is 0 Å². The summed E-state index contributed by atoms with van der Waals surface area (Å²) in [7, 11) is 0. The van der Waals surface area contributed by atoms with Crippen LogP contribution in [0.1, 0.15) is 65.7 Å². The van der Waals surface area contributed by atoms with Gasteiger partial charge < -0.3 is 11.1 Å². The maximum atomic E-state index is 5.45. The molecular weight excluding hydrogens is 196 g/mol. The maximum absolute atomic E-state index is 5.45. The van der Waals surface area contributed by atoms with Crippen molar-refractivity contribution in [3.8, 4) is 0 Å². The summed E-state index contributed by atoms with van der Waals surface area (Å²) in [6.07, 6.45) is 9.18. The fourth-order valence-electron chi connectivity index (χ4n) is 1.65. The fraction of sp³-hybridized carbons (Fsp3) is 1.00.